The summed E-state index contributed by atoms with van der Waals surface area (Å²) in [6.45, 7) is 4.91. The molecule has 1 aromatic carbocycles. The van der Waals surface area contributed by atoms with Gasteiger partial charge in [-0.2, -0.15) is 0 Å². The smallest absolute Gasteiger partial charge is 0.313 e. The Hall–Kier alpha value is -1.61. The molecule has 2 N–H and O–H groups in total. The molecule has 2 atom stereocenters. The van der Waals surface area contributed by atoms with Gasteiger partial charge in [-0.05, 0) is 12.5 Å². The van der Waals surface area contributed by atoms with Crippen LogP contribution >= 0.6 is 0 Å². The van der Waals surface area contributed by atoms with Gasteiger partial charge in [-0.3, -0.25) is 4.79 Å². The predicted octanol–water partition coefficient (Wildman–Crippen LogP) is 1.78. The Morgan fingerprint density at radius 3 is 2.40 bits per heavy atom. The molecule has 80 valence electrons. The van der Waals surface area contributed by atoms with Crippen molar-refractivity contribution in [3.05, 3.63) is 48.6 Å². The molecule has 1 rings (SSSR count). The van der Waals surface area contributed by atoms with E-state index >= 15 is 0 Å². The molecule has 0 amide bonds. The van der Waals surface area contributed by atoms with Gasteiger partial charge in [0, 0.05) is 0 Å². The number of rotatable bonds is 4. The zero-order chi connectivity index (χ0) is 11.5. The molecule has 15 heavy (non-hydrogen) atoms. The Morgan fingerprint density at radius 2 is 2.00 bits per heavy atom. The standard InChI is InChI=1S/C12H14O3/c1-3-10(11(13)14)12(2,15)9-7-5-4-6-8-9/h3-8,10,15H,1H2,2H3,(H,13,14)/t10-,12+/m1/s1. The topological polar surface area (TPSA) is 57.5 Å². The lowest BCUT2D eigenvalue weighted by atomic mass is 9.83. The van der Waals surface area contributed by atoms with Crippen LogP contribution in [0.5, 0.6) is 0 Å². The first-order valence-electron chi connectivity index (χ1n) is 4.63. The Morgan fingerprint density at radius 1 is 1.47 bits per heavy atom. The molecule has 3 heteroatoms. The first-order valence-corrected chi connectivity index (χ1v) is 4.63. The summed E-state index contributed by atoms with van der Waals surface area (Å²) in [5.41, 5.74) is -0.869. The van der Waals surface area contributed by atoms with Crippen molar-refractivity contribution in [2.24, 2.45) is 5.92 Å². The molecule has 0 fully saturated rings. The maximum atomic E-state index is 10.9. The summed E-state index contributed by atoms with van der Waals surface area (Å²) in [5, 5.41) is 19.1. The molecule has 0 spiro atoms. The van der Waals surface area contributed by atoms with Crippen molar-refractivity contribution in [1.29, 1.82) is 0 Å². The van der Waals surface area contributed by atoms with Crippen molar-refractivity contribution in [2.45, 2.75) is 12.5 Å². The van der Waals surface area contributed by atoms with Crippen molar-refractivity contribution < 1.29 is 15.0 Å². The van der Waals surface area contributed by atoms with Gasteiger partial charge in [0.25, 0.3) is 0 Å². The summed E-state index contributed by atoms with van der Waals surface area (Å²) in [6, 6.07) is 8.71. The zero-order valence-corrected chi connectivity index (χ0v) is 8.55. The normalized spacial score (nSPS) is 16.4. The molecule has 0 radical (unpaired) electrons. The second kappa shape index (κ2) is 4.28. The maximum absolute atomic E-state index is 10.9. The van der Waals surface area contributed by atoms with Gasteiger partial charge in [0.15, 0.2) is 0 Å². The lowest BCUT2D eigenvalue weighted by molar-refractivity contribution is -0.148. The Kier molecular flexibility index (Phi) is 3.27. The van der Waals surface area contributed by atoms with Crippen molar-refractivity contribution in [2.75, 3.05) is 0 Å². The van der Waals surface area contributed by atoms with Crippen LogP contribution in [-0.4, -0.2) is 16.2 Å². The van der Waals surface area contributed by atoms with Gasteiger partial charge < -0.3 is 10.2 Å². The van der Waals surface area contributed by atoms with Crippen LogP contribution in [0.1, 0.15) is 12.5 Å². The number of aliphatic hydroxyl groups is 1. The van der Waals surface area contributed by atoms with E-state index in [1.165, 1.54) is 13.0 Å². The van der Waals surface area contributed by atoms with Crippen molar-refractivity contribution in [1.82, 2.24) is 0 Å². The zero-order valence-electron chi connectivity index (χ0n) is 8.55. The summed E-state index contributed by atoms with van der Waals surface area (Å²) in [5.74, 6) is -2.10. The average molecular weight is 206 g/mol. The van der Waals surface area contributed by atoms with Crippen LogP contribution in [0.2, 0.25) is 0 Å². The minimum absolute atomic E-state index is 0.567. The summed E-state index contributed by atoms with van der Waals surface area (Å²) < 4.78 is 0. The molecule has 0 bridgehead atoms. The summed E-state index contributed by atoms with van der Waals surface area (Å²) in [4.78, 5) is 10.9. The molecule has 0 unspecified atom stereocenters. The van der Waals surface area contributed by atoms with Gasteiger partial charge in [0.05, 0.1) is 0 Å². The van der Waals surface area contributed by atoms with E-state index in [1.54, 1.807) is 24.3 Å². The minimum Gasteiger partial charge on any atom is -0.481 e. The van der Waals surface area contributed by atoms with Gasteiger partial charge in [-0.1, -0.05) is 36.4 Å². The lowest BCUT2D eigenvalue weighted by Gasteiger charge is -2.28. The number of aliphatic carboxylic acids is 1. The summed E-state index contributed by atoms with van der Waals surface area (Å²) in [6.07, 6.45) is 1.25. The molecular weight excluding hydrogens is 192 g/mol. The van der Waals surface area contributed by atoms with Crippen LogP contribution in [0.4, 0.5) is 0 Å². The minimum atomic E-state index is -1.44. The van der Waals surface area contributed by atoms with Crippen LogP contribution in [0.15, 0.2) is 43.0 Å². The molecule has 0 saturated carbocycles. The molecule has 0 aliphatic heterocycles. The van der Waals surface area contributed by atoms with E-state index in [4.69, 9.17) is 5.11 Å². The van der Waals surface area contributed by atoms with E-state index in [0.29, 0.717) is 5.56 Å². The van der Waals surface area contributed by atoms with Crippen LogP contribution in [0.25, 0.3) is 0 Å². The third-order valence-electron chi connectivity index (χ3n) is 2.47. The molecule has 0 heterocycles. The fourth-order valence-electron chi connectivity index (χ4n) is 1.53. The maximum Gasteiger partial charge on any atom is 0.313 e. The highest BCUT2D eigenvalue weighted by Crippen LogP contribution is 2.30. The second-order valence-electron chi connectivity index (χ2n) is 3.57. The van der Waals surface area contributed by atoms with Crippen molar-refractivity contribution in [3.8, 4) is 0 Å². The third-order valence-corrected chi connectivity index (χ3v) is 2.47. The molecular formula is C12H14O3. The van der Waals surface area contributed by atoms with Gasteiger partial charge in [-0.25, -0.2) is 0 Å². The lowest BCUT2D eigenvalue weighted by Crippen LogP contribution is -2.35. The largest absolute Gasteiger partial charge is 0.481 e. The Labute approximate surface area is 88.7 Å². The number of hydrogen-bond donors (Lipinski definition) is 2. The van der Waals surface area contributed by atoms with Crippen LogP contribution in [0, 0.1) is 5.92 Å². The number of benzene rings is 1. The van der Waals surface area contributed by atoms with Crippen molar-refractivity contribution in [3.63, 3.8) is 0 Å². The highest BCUT2D eigenvalue weighted by molar-refractivity contribution is 5.74. The summed E-state index contributed by atoms with van der Waals surface area (Å²) in [7, 11) is 0. The molecule has 0 aliphatic carbocycles. The highest BCUT2D eigenvalue weighted by Gasteiger charge is 2.36. The number of carboxylic acids is 1. The molecule has 3 nitrogen and oxygen atoms in total. The fraction of sp³-hybridized carbons (Fsp3) is 0.250. The van der Waals surface area contributed by atoms with Gasteiger partial charge in [-0.15, -0.1) is 6.58 Å². The monoisotopic (exact) mass is 206 g/mol. The van der Waals surface area contributed by atoms with Gasteiger partial charge in [0.1, 0.15) is 11.5 Å². The third kappa shape index (κ3) is 2.25. The summed E-state index contributed by atoms with van der Waals surface area (Å²) >= 11 is 0. The van der Waals surface area contributed by atoms with Crippen molar-refractivity contribution >= 4 is 5.97 Å². The molecule has 0 aliphatic rings. The molecule has 0 saturated heterocycles. The van der Waals surface area contributed by atoms with E-state index in [9.17, 15) is 9.90 Å². The SMILES string of the molecule is C=C[C@H](C(=O)O)[C@@](C)(O)c1ccccc1. The van der Waals surface area contributed by atoms with Crippen LogP contribution in [-0.2, 0) is 10.4 Å². The predicted molar refractivity (Wildman–Crippen MR) is 57.3 cm³/mol. The second-order valence-corrected chi connectivity index (χ2v) is 3.57. The van der Waals surface area contributed by atoms with Gasteiger partial charge >= 0.3 is 5.97 Å². The van der Waals surface area contributed by atoms with E-state index < -0.39 is 17.5 Å². The number of carboxylic acid groups (broad SMARTS) is 1. The molecule has 1 aromatic rings. The van der Waals surface area contributed by atoms with Gasteiger partial charge in [0.2, 0.25) is 0 Å². The molecule has 0 aromatic heterocycles. The Balaban J connectivity index is 3.11. The van der Waals surface area contributed by atoms with E-state index in [-0.39, 0.29) is 0 Å². The highest BCUT2D eigenvalue weighted by atomic mass is 16.4. The first-order chi connectivity index (χ1) is 7.00. The number of hydrogen-bond acceptors (Lipinski definition) is 2. The van der Waals surface area contributed by atoms with E-state index in [1.807, 2.05) is 6.07 Å². The van der Waals surface area contributed by atoms with Crippen LogP contribution < -0.4 is 0 Å². The van der Waals surface area contributed by atoms with E-state index in [0.717, 1.165) is 0 Å². The average Bonchev–Trinajstić information content (AvgIpc) is 2.19. The fourth-order valence-corrected chi connectivity index (χ4v) is 1.53. The Bertz CT molecular complexity index is 354. The number of carbonyl (C=O) groups is 1. The first kappa shape index (κ1) is 11.5. The van der Waals surface area contributed by atoms with E-state index in [2.05, 4.69) is 6.58 Å². The quantitative estimate of drug-likeness (QED) is 0.738. The van der Waals surface area contributed by atoms with Crippen LogP contribution in [0.3, 0.4) is 0 Å².